The van der Waals surface area contributed by atoms with Crippen LogP contribution in [0.15, 0.2) is 267 Å². The van der Waals surface area contributed by atoms with Gasteiger partial charge in [0.15, 0.2) is 0 Å². The quantitative estimate of drug-likeness (QED) is 0.0853. The molecule has 68 heavy (non-hydrogen) atoms. The second-order valence-electron chi connectivity index (χ2n) is 17.7. The molecule has 0 heterocycles. The Morgan fingerprint density at radius 2 is 0.500 bits per heavy atom. The van der Waals surface area contributed by atoms with E-state index in [0.717, 1.165) is 44.9 Å². The Bertz CT molecular complexity index is 3740. The van der Waals surface area contributed by atoms with E-state index in [1.54, 1.807) is 0 Å². The van der Waals surface area contributed by atoms with Gasteiger partial charge in [0.2, 0.25) is 0 Å². The predicted molar refractivity (Wildman–Crippen MR) is 292 cm³/mol. The molecule has 2 heteroatoms. The molecule has 0 saturated heterocycles. The van der Waals surface area contributed by atoms with Crippen LogP contribution in [-0.2, 0) is 0 Å². The number of anilines is 6. The zero-order chi connectivity index (χ0) is 45.0. The smallest absolute Gasteiger partial charge is 0.0626 e. The van der Waals surface area contributed by atoms with Gasteiger partial charge in [-0.1, -0.05) is 218 Å². The van der Waals surface area contributed by atoms with E-state index in [1.807, 2.05) is 0 Å². The maximum atomic E-state index is 2.52. The fraction of sp³-hybridized carbons (Fsp3) is 0. The van der Waals surface area contributed by atoms with Crippen LogP contribution in [0.5, 0.6) is 0 Å². The fourth-order valence-electron chi connectivity index (χ4n) is 10.5. The fourth-order valence-corrected chi connectivity index (χ4v) is 10.5. The van der Waals surface area contributed by atoms with E-state index in [4.69, 9.17) is 0 Å². The van der Waals surface area contributed by atoms with Gasteiger partial charge in [-0.15, -0.1) is 0 Å². The third-order valence-corrected chi connectivity index (χ3v) is 13.7. The normalized spacial score (nSPS) is 11.5. The molecular formula is C66H44N2. The van der Waals surface area contributed by atoms with E-state index in [2.05, 4.69) is 277 Å². The van der Waals surface area contributed by atoms with Crippen molar-refractivity contribution in [2.75, 3.05) is 9.80 Å². The van der Waals surface area contributed by atoms with Gasteiger partial charge in [0.25, 0.3) is 0 Å². The molecule has 0 spiro atoms. The van der Waals surface area contributed by atoms with Crippen LogP contribution in [0, 0.1) is 0 Å². The Morgan fingerprint density at radius 3 is 0.912 bits per heavy atom. The molecule has 13 rings (SSSR count). The molecule has 0 aliphatic carbocycles. The van der Waals surface area contributed by atoms with Crippen LogP contribution in [0.2, 0.25) is 0 Å². The number of hydrogen-bond acceptors (Lipinski definition) is 2. The van der Waals surface area contributed by atoms with Crippen molar-refractivity contribution in [3.05, 3.63) is 267 Å². The molecule has 0 aliphatic rings. The summed E-state index contributed by atoms with van der Waals surface area (Å²) < 4.78 is 0. The lowest BCUT2D eigenvalue weighted by Crippen LogP contribution is -2.15. The van der Waals surface area contributed by atoms with E-state index in [1.165, 1.54) is 76.1 Å². The standard InChI is InChI=1S/C66H44N2/c1-3-15-45(16-4-1)49-27-35-55(36-28-49)67(57-39-31-47-19-7-9-23-53(47)43-57)65-61-41-33-52-22-12-14-26-60(52)64(61)66(62-42-34-51-21-11-13-25-59(51)63(62)65)68(58-40-32-48-20-8-10-24-54(48)44-58)56-37-29-50(30-38-56)46-17-5-2-6-18-46/h1-44H. The number of hydrogen-bond donors (Lipinski definition) is 0. The highest BCUT2D eigenvalue weighted by atomic mass is 15.2. The van der Waals surface area contributed by atoms with Gasteiger partial charge in [0.1, 0.15) is 0 Å². The van der Waals surface area contributed by atoms with Crippen molar-refractivity contribution >= 4 is 98.8 Å². The number of rotatable bonds is 8. The molecule has 13 aromatic carbocycles. The zero-order valence-electron chi connectivity index (χ0n) is 37.3. The van der Waals surface area contributed by atoms with Gasteiger partial charge in [-0.25, -0.2) is 0 Å². The molecule has 13 aromatic rings. The minimum absolute atomic E-state index is 1.08. The summed E-state index contributed by atoms with van der Waals surface area (Å²) in [5.41, 5.74) is 11.4. The lowest BCUT2D eigenvalue weighted by Gasteiger charge is -2.34. The highest BCUT2D eigenvalue weighted by Crippen LogP contribution is 2.54. The van der Waals surface area contributed by atoms with Crippen molar-refractivity contribution < 1.29 is 0 Å². The summed E-state index contributed by atoms with van der Waals surface area (Å²) >= 11 is 0. The first-order valence-electron chi connectivity index (χ1n) is 23.4. The Hall–Kier alpha value is -8.98. The Balaban J connectivity index is 1.18. The van der Waals surface area contributed by atoms with Crippen molar-refractivity contribution in [1.29, 1.82) is 0 Å². The average Bonchev–Trinajstić information content (AvgIpc) is 3.42. The maximum absolute atomic E-state index is 2.52. The van der Waals surface area contributed by atoms with Crippen molar-refractivity contribution in [2.45, 2.75) is 0 Å². The summed E-state index contributed by atoms with van der Waals surface area (Å²) in [4.78, 5) is 5.04. The molecule has 0 atom stereocenters. The average molecular weight is 865 g/mol. The Kier molecular flexibility index (Phi) is 9.54. The molecule has 0 amide bonds. The first kappa shape index (κ1) is 39.4. The van der Waals surface area contributed by atoms with Crippen LogP contribution in [0.3, 0.4) is 0 Å². The van der Waals surface area contributed by atoms with E-state index in [-0.39, 0.29) is 0 Å². The summed E-state index contributed by atoms with van der Waals surface area (Å²) in [6.07, 6.45) is 0. The monoisotopic (exact) mass is 864 g/mol. The van der Waals surface area contributed by atoms with E-state index < -0.39 is 0 Å². The lowest BCUT2D eigenvalue weighted by atomic mass is 9.89. The first-order chi connectivity index (χ1) is 33.7. The summed E-state index contributed by atoms with van der Waals surface area (Å²) in [5, 5.41) is 14.3. The van der Waals surface area contributed by atoms with E-state index in [9.17, 15) is 0 Å². The molecule has 0 aromatic heterocycles. The van der Waals surface area contributed by atoms with Crippen molar-refractivity contribution in [2.24, 2.45) is 0 Å². The zero-order valence-corrected chi connectivity index (χ0v) is 37.3. The summed E-state index contributed by atoms with van der Waals surface area (Å²) in [5.74, 6) is 0. The molecule has 0 saturated carbocycles. The van der Waals surface area contributed by atoms with Gasteiger partial charge in [-0.2, -0.15) is 0 Å². The van der Waals surface area contributed by atoms with Crippen LogP contribution in [0.4, 0.5) is 34.1 Å². The molecule has 0 bridgehead atoms. The molecule has 0 unspecified atom stereocenters. The van der Waals surface area contributed by atoms with E-state index in [0.29, 0.717) is 0 Å². The number of fused-ring (bicyclic) bond motifs is 8. The highest BCUT2D eigenvalue weighted by molar-refractivity contribution is 6.33. The topological polar surface area (TPSA) is 6.48 Å². The third kappa shape index (κ3) is 6.73. The van der Waals surface area contributed by atoms with Gasteiger partial charge in [-0.05, 0) is 114 Å². The molecule has 0 aliphatic heterocycles. The predicted octanol–water partition coefficient (Wildman–Crippen LogP) is 18.9. The largest absolute Gasteiger partial charge is 0.309 e. The Labute approximate surface area is 395 Å². The highest BCUT2D eigenvalue weighted by Gasteiger charge is 2.28. The molecular weight excluding hydrogens is 821 g/mol. The second kappa shape index (κ2) is 16.5. The third-order valence-electron chi connectivity index (χ3n) is 13.7. The van der Waals surface area contributed by atoms with Gasteiger partial charge in [-0.3, -0.25) is 0 Å². The maximum Gasteiger partial charge on any atom is 0.0626 e. The van der Waals surface area contributed by atoms with Crippen LogP contribution in [0.1, 0.15) is 0 Å². The van der Waals surface area contributed by atoms with E-state index >= 15 is 0 Å². The molecule has 318 valence electrons. The Morgan fingerprint density at radius 1 is 0.191 bits per heavy atom. The van der Waals surface area contributed by atoms with Crippen LogP contribution >= 0.6 is 0 Å². The van der Waals surface area contributed by atoms with Gasteiger partial charge in [0, 0.05) is 44.3 Å². The van der Waals surface area contributed by atoms with Gasteiger partial charge in [0.05, 0.1) is 11.4 Å². The van der Waals surface area contributed by atoms with Gasteiger partial charge < -0.3 is 9.80 Å². The van der Waals surface area contributed by atoms with Gasteiger partial charge >= 0.3 is 0 Å². The lowest BCUT2D eigenvalue weighted by molar-refractivity contribution is 1.30. The minimum atomic E-state index is 1.08. The summed E-state index contributed by atoms with van der Waals surface area (Å²) in [6, 6.07) is 98.0. The summed E-state index contributed by atoms with van der Waals surface area (Å²) in [7, 11) is 0. The van der Waals surface area contributed by atoms with Crippen molar-refractivity contribution in [3.63, 3.8) is 0 Å². The SMILES string of the molecule is c1ccc(-c2ccc(N(c3ccc4ccccc4c3)c3c4ccc5ccccc5c4c(N(c4ccc(-c5ccccc5)cc4)c4ccc5ccccc5c4)c4ccc5ccccc5c34)cc2)cc1. The second-order valence-corrected chi connectivity index (χ2v) is 17.7. The molecule has 0 radical (unpaired) electrons. The van der Waals surface area contributed by atoms with Crippen LogP contribution < -0.4 is 9.80 Å². The number of benzene rings is 13. The molecule has 0 fully saturated rings. The van der Waals surface area contributed by atoms with Crippen LogP contribution in [-0.4, -0.2) is 0 Å². The minimum Gasteiger partial charge on any atom is -0.309 e. The van der Waals surface area contributed by atoms with Crippen LogP contribution in [0.25, 0.3) is 86.9 Å². The molecule has 2 nitrogen and oxygen atoms in total. The van der Waals surface area contributed by atoms with Crippen molar-refractivity contribution in [3.8, 4) is 22.3 Å². The number of nitrogens with zero attached hydrogens (tertiary/aromatic N) is 2. The molecule has 0 N–H and O–H groups in total. The van der Waals surface area contributed by atoms with Crippen molar-refractivity contribution in [1.82, 2.24) is 0 Å². The first-order valence-corrected chi connectivity index (χ1v) is 23.4. The summed E-state index contributed by atoms with van der Waals surface area (Å²) in [6.45, 7) is 0.